The summed E-state index contributed by atoms with van der Waals surface area (Å²) in [5, 5.41) is 3.50. The van der Waals surface area contributed by atoms with Gasteiger partial charge in [0.05, 0.1) is 5.70 Å². The van der Waals surface area contributed by atoms with Crippen LogP contribution in [0.4, 0.5) is 0 Å². The molecule has 0 heterocycles. The van der Waals surface area contributed by atoms with Crippen LogP contribution in [0.15, 0.2) is 52.9 Å². The van der Waals surface area contributed by atoms with Crippen molar-refractivity contribution >= 4 is 5.78 Å². The first-order valence-corrected chi connectivity index (χ1v) is 8.75. The quantitative estimate of drug-likeness (QED) is 0.605. The van der Waals surface area contributed by atoms with Crippen LogP contribution in [-0.4, -0.2) is 5.78 Å². The molecule has 0 saturated heterocycles. The molecule has 126 valence electrons. The highest BCUT2D eigenvalue weighted by atomic mass is 16.1. The van der Waals surface area contributed by atoms with Crippen LogP contribution < -0.4 is 5.32 Å². The van der Waals surface area contributed by atoms with E-state index in [0.29, 0.717) is 6.42 Å². The zero-order chi connectivity index (χ0) is 17.2. The average Bonchev–Trinajstić information content (AvgIpc) is 2.58. The van der Waals surface area contributed by atoms with Crippen LogP contribution in [0.2, 0.25) is 0 Å². The van der Waals surface area contributed by atoms with Gasteiger partial charge in [-0.05, 0) is 44.2 Å². The summed E-state index contributed by atoms with van der Waals surface area (Å²) in [4.78, 5) is 12.5. The van der Waals surface area contributed by atoms with E-state index in [1.165, 1.54) is 11.1 Å². The molecule has 0 radical (unpaired) electrons. The second-order valence-corrected chi connectivity index (χ2v) is 6.08. The van der Waals surface area contributed by atoms with Gasteiger partial charge in [-0.15, -0.1) is 0 Å². The summed E-state index contributed by atoms with van der Waals surface area (Å²) in [7, 11) is 0. The lowest BCUT2D eigenvalue weighted by atomic mass is 10.0. The van der Waals surface area contributed by atoms with Crippen molar-refractivity contribution in [3.63, 3.8) is 0 Å². The zero-order valence-corrected chi connectivity index (χ0v) is 15.3. The number of carbonyl (C=O) groups is 1. The fourth-order valence-electron chi connectivity index (χ4n) is 2.41. The van der Waals surface area contributed by atoms with Gasteiger partial charge in [0.1, 0.15) is 0 Å². The molecule has 0 amide bonds. The zero-order valence-electron chi connectivity index (χ0n) is 15.3. The van der Waals surface area contributed by atoms with Crippen molar-refractivity contribution in [2.24, 2.45) is 0 Å². The van der Waals surface area contributed by atoms with Crippen LogP contribution in [0.25, 0.3) is 0 Å². The molecule has 1 N–H and O–H groups in total. The molecule has 0 spiro atoms. The molecule has 0 atom stereocenters. The molecule has 0 fully saturated rings. The molecule has 0 aliphatic rings. The molecule has 0 aliphatic heterocycles. The first-order valence-electron chi connectivity index (χ1n) is 8.75. The Bertz CT molecular complexity index is 567. The topological polar surface area (TPSA) is 29.1 Å². The van der Waals surface area contributed by atoms with Gasteiger partial charge in [-0.3, -0.25) is 4.79 Å². The molecule has 0 saturated carbocycles. The highest BCUT2D eigenvalue weighted by molar-refractivity contribution is 5.95. The normalized spacial score (nSPS) is 13.3. The Hall–Kier alpha value is -1.83. The predicted molar refractivity (Wildman–Crippen MR) is 99.2 cm³/mol. The fraction of sp³-hybridized carbons (Fsp3) is 0.476. The van der Waals surface area contributed by atoms with Crippen molar-refractivity contribution < 1.29 is 4.79 Å². The van der Waals surface area contributed by atoms with E-state index in [-0.39, 0.29) is 5.78 Å². The van der Waals surface area contributed by atoms with Gasteiger partial charge in [-0.2, -0.15) is 0 Å². The van der Waals surface area contributed by atoms with E-state index in [1.54, 1.807) is 0 Å². The first kappa shape index (κ1) is 19.2. The number of hydrogen-bond donors (Lipinski definition) is 1. The number of Topliss-reactive ketones (excluding diaryl/α,β-unsaturated/α-hetero) is 1. The summed E-state index contributed by atoms with van der Waals surface area (Å²) in [5.74, 6) is 0.223. The van der Waals surface area contributed by atoms with Crippen LogP contribution >= 0.6 is 0 Å². The van der Waals surface area contributed by atoms with E-state index in [4.69, 9.17) is 0 Å². The van der Waals surface area contributed by atoms with Crippen LogP contribution in [0.3, 0.4) is 0 Å². The van der Waals surface area contributed by atoms with Gasteiger partial charge < -0.3 is 5.32 Å². The Labute approximate surface area is 141 Å². The molecule has 1 aromatic rings. The molecular weight excluding hydrogens is 282 g/mol. The number of rotatable bonds is 9. The van der Waals surface area contributed by atoms with Crippen LogP contribution in [0, 0.1) is 0 Å². The Kier molecular flexibility index (Phi) is 8.39. The Morgan fingerprint density at radius 3 is 2.09 bits per heavy atom. The second kappa shape index (κ2) is 10.0. The molecule has 0 bridgehead atoms. The predicted octanol–water partition coefficient (Wildman–Crippen LogP) is 5.56. The lowest BCUT2D eigenvalue weighted by molar-refractivity contribution is -0.116. The van der Waals surface area contributed by atoms with E-state index in [0.717, 1.165) is 42.7 Å². The van der Waals surface area contributed by atoms with E-state index >= 15 is 0 Å². The summed E-state index contributed by atoms with van der Waals surface area (Å²) in [6.45, 7) is 10.5. The molecule has 0 aromatic heterocycles. The molecule has 2 heteroatoms. The SMILES string of the molecule is CCCC(=O)/C(N/C(Cc1ccccc1)=C(\C)CC)=C(\C)CC. The van der Waals surface area contributed by atoms with Crippen molar-refractivity contribution in [1.29, 1.82) is 0 Å². The third kappa shape index (κ3) is 6.05. The summed E-state index contributed by atoms with van der Waals surface area (Å²) in [6.07, 6.45) is 4.19. The fourth-order valence-corrected chi connectivity index (χ4v) is 2.41. The maximum absolute atomic E-state index is 12.5. The van der Waals surface area contributed by atoms with Gasteiger partial charge in [0.2, 0.25) is 0 Å². The van der Waals surface area contributed by atoms with Crippen LogP contribution in [-0.2, 0) is 11.2 Å². The Morgan fingerprint density at radius 1 is 0.957 bits per heavy atom. The molecule has 2 nitrogen and oxygen atoms in total. The number of allylic oxidation sites excluding steroid dienone is 4. The molecule has 0 aliphatic carbocycles. The monoisotopic (exact) mass is 313 g/mol. The average molecular weight is 313 g/mol. The van der Waals surface area contributed by atoms with Gasteiger partial charge in [0.25, 0.3) is 0 Å². The number of ketones is 1. The Morgan fingerprint density at radius 2 is 1.57 bits per heavy atom. The van der Waals surface area contributed by atoms with Crippen molar-refractivity contribution in [1.82, 2.24) is 5.32 Å². The lowest BCUT2D eigenvalue weighted by Crippen LogP contribution is -2.24. The Balaban J connectivity index is 3.10. The van der Waals surface area contributed by atoms with Crippen molar-refractivity contribution in [2.75, 3.05) is 0 Å². The van der Waals surface area contributed by atoms with E-state index < -0.39 is 0 Å². The van der Waals surface area contributed by atoms with Gasteiger partial charge >= 0.3 is 0 Å². The minimum absolute atomic E-state index is 0.223. The van der Waals surface area contributed by atoms with Crippen LogP contribution in [0.1, 0.15) is 65.9 Å². The summed E-state index contributed by atoms with van der Waals surface area (Å²) in [6, 6.07) is 10.4. The first-order chi connectivity index (χ1) is 11.0. The molecule has 1 aromatic carbocycles. The van der Waals surface area contributed by atoms with E-state index in [2.05, 4.69) is 64.2 Å². The van der Waals surface area contributed by atoms with Gasteiger partial charge in [0.15, 0.2) is 5.78 Å². The number of nitrogens with one attached hydrogen (secondary N) is 1. The lowest BCUT2D eigenvalue weighted by Gasteiger charge is -2.19. The minimum atomic E-state index is 0.223. The molecule has 1 rings (SSSR count). The molecule has 23 heavy (non-hydrogen) atoms. The third-order valence-electron chi connectivity index (χ3n) is 4.26. The smallest absolute Gasteiger partial charge is 0.178 e. The summed E-state index contributed by atoms with van der Waals surface area (Å²) in [5.41, 5.74) is 5.66. The number of hydrogen-bond acceptors (Lipinski definition) is 2. The molecule has 0 unspecified atom stereocenters. The third-order valence-corrected chi connectivity index (χ3v) is 4.26. The van der Waals surface area contributed by atoms with Gasteiger partial charge in [0, 0.05) is 18.5 Å². The largest absolute Gasteiger partial charge is 0.356 e. The maximum Gasteiger partial charge on any atom is 0.178 e. The second-order valence-electron chi connectivity index (χ2n) is 6.08. The number of benzene rings is 1. The summed E-state index contributed by atoms with van der Waals surface area (Å²) >= 11 is 0. The van der Waals surface area contributed by atoms with Gasteiger partial charge in [-0.1, -0.05) is 56.7 Å². The maximum atomic E-state index is 12.5. The van der Waals surface area contributed by atoms with E-state index in [9.17, 15) is 4.79 Å². The standard InChI is InChI=1S/C21H31NO/c1-6-12-20(23)21(17(5)8-3)22-19(16(4)7-2)15-18-13-10-9-11-14-18/h9-11,13-14,22H,6-8,12,15H2,1-5H3/b19-16+,21-17-. The molecular formula is C21H31NO. The highest BCUT2D eigenvalue weighted by Crippen LogP contribution is 2.17. The van der Waals surface area contributed by atoms with Crippen molar-refractivity contribution in [2.45, 2.75) is 66.7 Å². The number of carbonyl (C=O) groups excluding carboxylic acids is 1. The van der Waals surface area contributed by atoms with Crippen molar-refractivity contribution in [3.8, 4) is 0 Å². The van der Waals surface area contributed by atoms with Crippen LogP contribution in [0.5, 0.6) is 0 Å². The summed E-state index contributed by atoms with van der Waals surface area (Å²) < 4.78 is 0. The minimum Gasteiger partial charge on any atom is -0.356 e. The van der Waals surface area contributed by atoms with Gasteiger partial charge in [-0.25, -0.2) is 0 Å². The van der Waals surface area contributed by atoms with E-state index in [1.807, 2.05) is 6.07 Å². The highest BCUT2D eigenvalue weighted by Gasteiger charge is 2.14. The van der Waals surface area contributed by atoms with Crippen molar-refractivity contribution in [3.05, 3.63) is 58.4 Å².